The number of nitrogens with zero attached hydrogens (tertiary/aromatic N) is 1. The summed E-state index contributed by atoms with van der Waals surface area (Å²) in [6, 6.07) is 16.8. The summed E-state index contributed by atoms with van der Waals surface area (Å²) in [5, 5.41) is 0. The average molecular weight is 366 g/mol. The second-order valence-corrected chi connectivity index (χ2v) is 7.74. The molecular weight excluding hydrogens is 334 g/mol. The highest BCUT2D eigenvalue weighted by atomic mass is 16.5. The van der Waals surface area contributed by atoms with E-state index in [-0.39, 0.29) is 5.91 Å². The van der Waals surface area contributed by atoms with Gasteiger partial charge in [-0.15, -0.1) is 0 Å². The third-order valence-corrected chi connectivity index (χ3v) is 5.54. The number of aryl methyl sites for hydroxylation is 2. The van der Waals surface area contributed by atoms with Crippen LogP contribution in [0.1, 0.15) is 42.9 Å². The third kappa shape index (κ3) is 5.12. The zero-order chi connectivity index (χ0) is 19.2. The topological polar surface area (TPSA) is 29.5 Å². The SMILES string of the molecule is CC[C@H](Oc1ccc(C)cc1C)C(=O)N1CCC(Cc2ccccc2)CC1. The van der Waals surface area contributed by atoms with Crippen molar-refractivity contribution in [3.8, 4) is 5.75 Å². The van der Waals surface area contributed by atoms with Gasteiger partial charge in [0.1, 0.15) is 5.75 Å². The van der Waals surface area contributed by atoms with Crippen molar-refractivity contribution in [3.63, 3.8) is 0 Å². The number of hydrogen-bond acceptors (Lipinski definition) is 2. The van der Waals surface area contributed by atoms with E-state index in [1.165, 1.54) is 11.1 Å². The number of rotatable bonds is 6. The maximum Gasteiger partial charge on any atom is 0.263 e. The van der Waals surface area contributed by atoms with Gasteiger partial charge in [-0.05, 0) is 62.6 Å². The Morgan fingerprint density at radius 1 is 1.11 bits per heavy atom. The van der Waals surface area contributed by atoms with Crippen LogP contribution < -0.4 is 4.74 Å². The summed E-state index contributed by atoms with van der Waals surface area (Å²) < 4.78 is 6.10. The molecule has 2 aromatic carbocycles. The number of ether oxygens (including phenoxy) is 1. The lowest BCUT2D eigenvalue weighted by Crippen LogP contribution is -2.46. The highest BCUT2D eigenvalue weighted by Gasteiger charge is 2.29. The van der Waals surface area contributed by atoms with E-state index in [2.05, 4.69) is 43.3 Å². The van der Waals surface area contributed by atoms with Crippen molar-refractivity contribution in [3.05, 3.63) is 65.2 Å². The first-order valence-electron chi connectivity index (χ1n) is 10.1. The molecule has 1 aliphatic heterocycles. The Morgan fingerprint density at radius 2 is 1.81 bits per heavy atom. The predicted molar refractivity (Wildman–Crippen MR) is 110 cm³/mol. The second-order valence-electron chi connectivity index (χ2n) is 7.74. The van der Waals surface area contributed by atoms with Gasteiger partial charge in [0.05, 0.1) is 0 Å². The monoisotopic (exact) mass is 365 g/mol. The molecule has 144 valence electrons. The molecule has 0 aromatic heterocycles. The normalized spacial score (nSPS) is 16.2. The molecule has 1 saturated heterocycles. The Balaban J connectivity index is 1.55. The minimum absolute atomic E-state index is 0.135. The van der Waals surface area contributed by atoms with Gasteiger partial charge in [0, 0.05) is 13.1 Å². The summed E-state index contributed by atoms with van der Waals surface area (Å²) in [5.41, 5.74) is 3.69. The molecule has 0 spiro atoms. The van der Waals surface area contributed by atoms with Crippen molar-refractivity contribution >= 4 is 5.91 Å². The third-order valence-electron chi connectivity index (χ3n) is 5.54. The highest BCUT2D eigenvalue weighted by Crippen LogP contribution is 2.25. The van der Waals surface area contributed by atoms with Gasteiger partial charge in [0.15, 0.2) is 6.10 Å². The molecule has 0 radical (unpaired) electrons. The number of carbonyl (C=O) groups excluding carboxylic acids is 1. The van der Waals surface area contributed by atoms with Crippen molar-refractivity contribution < 1.29 is 9.53 Å². The smallest absolute Gasteiger partial charge is 0.263 e. The number of carbonyl (C=O) groups is 1. The van der Waals surface area contributed by atoms with Crippen molar-refractivity contribution in [1.29, 1.82) is 0 Å². The number of benzene rings is 2. The zero-order valence-corrected chi connectivity index (χ0v) is 16.8. The quantitative estimate of drug-likeness (QED) is 0.725. The van der Waals surface area contributed by atoms with Crippen LogP contribution >= 0.6 is 0 Å². The van der Waals surface area contributed by atoms with E-state index in [4.69, 9.17) is 4.74 Å². The van der Waals surface area contributed by atoms with Crippen LogP contribution in [0.5, 0.6) is 5.75 Å². The molecule has 3 heteroatoms. The van der Waals surface area contributed by atoms with Gasteiger partial charge >= 0.3 is 0 Å². The molecule has 0 aliphatic carbocycles. The molecule has 1 fully saturated rings. The van der Waals surface area contributed by atoms with Gasteiger partial charge in [0.25, 0.3) is 5.91 Å². The molecular formula is C24H31NO2. The first-order chi connectivity index (χ1) is 13.1. The lowest BCUT2D eigenvalue weighted by atomic mass is 9.90. The van der Waals surface area contributed by atoms with E-state index >= 15 is 0 Å². The predicted octanol–water partition coefficient (Wildman–Crippen LogP) is 4.94. The van der Waals surface area contributed by atoms with Gasteiger partial charge in [-0.1, -0.05) is 55.0 Å². The highest BCUT2D eigenvalue weighted by molar-refractivity contribution is 5.81. The summed E-state index contributed by atoms with van der Waals surface area (Å²) >= 11 is 0. The lowest BCUT2D eigenvalue weighted by molar-refractivity contribution is -0.140. The van der Waals surface area contributed by atoms with Crippen molar-refractivity contribution in [2.24, 2.45) is 5.92 Å². The van der Waals surface area contributed by atoms with Crippen molar-refractivity contribution in [1.82, 2.24) is 4.90 Å². The van der Waals surface area contributed by atoms with Gasteiger partial charge in [-0.3, -0.25) is 4.79 Å². The van der Waals surface area contributed by atoms with E-state index in [0.29, 0.717) is 12.3 Å². The number of hydrogen-bond donors (Lipinski definition) is 0. The molecule has 2 aromatic rings. The molecule has 1 amide bonds. The van der Waals surface area contributed by atoms with Crippen LogP contribution in [0, 0.1) is 19.8 Å². The standard InChI is InChI=1S/C24H31NO2/c1-4-22(27-23-11-10-18(2)16-19(23)3)24(26)25-14-12-21(13-15-25)17-20-8-6-5-7-9-20/h5-11,16,21-22H,4,12-15,17H2,1-3H3/t22-/m0/s1. The van der Waals surface area contributed by atoms with Crippen molar-refractivity contribution in [2.75, 3.05) is 13.1 Å². The van der Waals surface area contributed by atoms with Crippen LogP contribution in [0.3, 0.4) is 0 Å². The largest absolute Gasteiger partial charge is 0.480 e. The van der Waals surface area contributed by atoms with Crippen LogP contribution in [-0.4, -0.2) is 30.0 Å². The molecule has 0 bridgehead atoms. The van der Waals surface area contributed by atoms with E-state index in [1.807, 2.05) is 30.9 Å². The molecule has 0 unspecified atom stereocenters. The fourth-order valence-electron chi connectivity index (χ4n) is 3.90. The Labute approximate surface area is 163 Å². The molecule has 0 N–H and O–H groups in total. The van der Waals surface area contributed by atoms with Gasteiger partial charge in [0.2, 0.25) is 0 Å². The molecule has 1 heterocycles. The van der Waals surface area contributed by atoms with Crippen LogP contribution in [0.4, 0.5) is 0 Å². The molecule has 0 saturated carbocycles. The fourth-order valence-corrected chi connectivity index (χ4v) is 3.90. The Bertz CT molecular complexity index is 748. The number of amides is 1. The lowest BCUT2D eigenvalue weighted by Gasteiger charge is -2.34. The molecule has 1 aliphatic rings. The molecule has 1 atom stereocenters. The van der Waals surface area contributed by atoms with Crippen LogP contribution in [0.2, 0.25) is 0 Å². The van der Waals surface area contributed by atoms with Gasteiger partial charge < -0.3 is 9.64 Å². The minimum Gasteiger partial charge on any atom is -0.480 e. The first kappa shape index (κ1) is 19.5. The maximum atomic E-state index is 13.0. The summed E-state index contributed by atoms with van der Waals surface area (Å²) in [6.45, 7) is 7.80. The Morgan fingerprint density at radius 3 is 2.44 bits per heavy atom. The maximum absolute atomic E-state index is 13.0. The van der Waals surface area contributed by atoms with E-state index in [1.54, 1.807) is 0 Å². The number of likely N-dealkylation sites (tertiary alicyclic amines) is 1. The summed E-state index contributed by atoms with van der Waals surface area (Å²) in [4.78, 5) is 15.0. The molecule has 3 rings (SSSR count). The van der Waals surface area contributed by atoms with Crippen LogP contribution in [0.15, 0.2) is 48.5 Å². The fraction of sp³-hybridized carbons (Fsp3) is 0.458. The minimum atomic E-state index is -0.392. The Kier molecular flexibility index (Phi) is 6.54. The van der Waals surface area contributed by atoms with Crippen LogP contribution in [-0.2, 0) is 11.2 Å². The summed E-state index contributed by atoms with van der Waals surface area (Å²) in [5.74, 6) is 1.62. The van der Waals surface area contributed by atoms with Gasteiger partial charge in [-0.25, -0.2) is 0 Å². The summed E-state index contributed by atoms with van der Waals surface area (Å²) in [7, 11) is 0. The average Bonchev–Trinajstić information content (AvgIpc) is 2.68. The second kappa shape index (κ2) is 9.07. The summed E-state index contributed by atoms with van der Waals surface area (Å²) in [6.07, 6.45) is 3.55. The Hall–Kier alpha value is -2.29. The van der Waals surface area contributed by atoms with Crippen LogP contribution in [0.25, 0.3) is 0 Å². The van der Waals surface area contributed by atoms with Crippen molar-refractivity contribution in [2.45, 2.75) is 52.6 Å². The van der Waals surface area contributed by atoms with E-state index in [9.17, 15) is 4.79 Å². The van der Waals surface area contributed by atoms with E-state index in [0.717, 1.165) is 43.7 Å². The zero-order valence-electron chi connectivity index (χ0n) is 16.8. The molecule has 27 heavy (non-hydrogen) atoms. The van der Waals surface area contributed by atoms with E-state index < -0.39 is 6.10 Å². The number of piperidine rings is 1. The first-order valence-corrected chi connectivity index (χ1v) is 10.1. The van der Waals surface area contributed by atoms with Gasteiger partial charge in [-0.2, -0.15) is 0 Å². The molecule has 3 nitrogen and oxygen atoms in total.